The molecule has 3 N–H and O–H groups in total. The summed E-state index contributed by atoms with van der Waals surface area (Å²) >= 11 is 0. The Hall–Kier alpha value is -3.29. The zero-order valence-corrected chi connectivity index (χ0v) is 17.2. The van der Waals surface area contributed by atoms with Crippen molar-refractivity contribution < 1.29 is 14.0 Å². The molecule has 0 bridgehead atoms. The van der Waals surface area contributed by atoms with E-state index in [4.69, 9.17) is 0 Å². The first-order valence-corrected chi connectivity index (χ1v) is 10.3. The Balaban J connectivity index is 1.46. The number of urea groups is 2. The maximum Gasteiger partial charge on any atom is 0.323 e. The van der Waals surface area contributed by atoms with Gasteiger partial charge in [0.15, 0.2) is 0 Å². The molecule has 1 fully saturated rings. The van der Waals surface area contributed by atoms with Crippen LogP contribution < -0.4 is 20.9 Å². The average Bonchev–Trinajstić information content (AvgIpc) is 2.74. The number of nitrogens with one attached hydrogen (secondary N) is 3. The molecule has 3 rings (SSSR count). The molecule has 0 spiro atoms. The van der Waals surface area contributed by atoms with Crippen molar-refractivity contribution in [2.24, 2.45) is 0 Å². The predicted molar refractivity (Wildman–Crippen MR) is 118 cm³/mol. The maximum absolute atomic E-state index is 13.2. The highest BCUT2D eigenvalue weighted by Gasteiger charge is 2.21. The molecule has 7 nitrogen and oxygen atoms in total. The van der Waals surface area contributed by atoms with Crippen LogP contribution in [0.2, 0.25) is 0 Å². The largest absolute Gasteiger partial charge is 0.368 e. The molecule has 1 aliphatic heterocycles. The van der Waals surface area contributed by atoms with E-state index in [1.165, 1.54) is 18.2 Å². The maximum atomic E-state index is 13.2. The SMILES string of the molecule is CCCCNC(=O)N1CCN(c2ccc(NC(=O)Nc3cccc(F)c3)cc2)CC1. The van der Waals surface area contributed by atoms with Crippen molar-refractivity contribution in [3.63, 3.8) is 0 Å². The van der Waals surface area contributed by atoms with Gasteiger partial charge in [-0.3, -0.25) is 0 Å². The Kier molecular flexibility index (Phi) is 7.48. The van der Waals surface area contributed by atoms with Gasteiger partial charge in [0.2, 0.25) is 0 Å². The highest BCUT2D eigenvalue weighted by molar-refractivity contribution is 5.99. The van der Waals surface area contributed by atoms with Gasteiger partial charge < -0.3 is 25.8 Å². The quantitative estimate of drug-likeness (QED) is 0.624. The molecular weight excluding hydrogens is 385 g/mol. The lowest BCUT2D eigenvalue weighted by Crippen LogP contribution is -2.52. The van der Waals surface area contributed by atoms with Gasteiger partial charge in [0.1, 0.15) is 5.82 Å². The molecule has 1 aliphatic rings. The first-order chi connectivity index (χ1) is 14.5. The molecule has 4 amide bonds. The van der Waals surface area contributed by atoms with Crippen LogP contribution in [0.5, 0.6) is 0 Å². The van der Waals surface area contributed by atoms with Crippen LogP contribution in [0, 0.1) is 5.82 Å². The van der Waals surface area contributed by atoms with Gasteiger partial charge in [0, 0.05) is 49.8 Å². The van der Waals surface area contributed by atoms with Crippen LogP contribution in [0.25, 0.3) is 0 Å². The first kappa shape index (κ1) is 21.4. The van der Waals surface area contributed by atoms with E-state index in [0.717, 1.165) is 38.2 Å². The molecule has 0 atom stereocenters. The zero-order chi connectivity index (χ0) is 21.3. The topological polar surface area (TPSA) is 76.7 Å². The fourth-order valence-electron chi connectivity index (χ4n) is 3.27. The van der Waals surface area contributed by atoms with Crippen LogP contribution in [0.15, 0.2) is 48.5 Å². The van der Waals surface area contributed by atoms with E-state index >= 15 is 0 Å². The summed E-state index contributed by atoms with van der Waals surface area (Å²) in [6.45, 7) is 5.68. The lowest BCUT2D eigenvalue weighted by molar-refractivity contribution is 0.194. The van der Waals surface area contributed by atoms with Crippen molar-refractivity contribution in [3.8, 4) is 0 Å². The number of carbonyl (C=O) groups is 2. The predicted octanol–water partition coefficient (Wildman–Crippen LogP) is 4.10. The van der Waals surface area contributed by atoms with Crippen molar-refractivity contribution in [3.05, 3.63) is 54.3 Å². The second-order valence-corrected chi connectivity index (χ2v) is 7.20. The van der Waals surface area contributed by atoms with E-state index in [2.05, 4.69) is 27.8 Å². The lowest BCUT2D eigenvalue weighted by Gasteiger charge is -2.36. The summed E-state index contributed by atoms with van der Waals surface area (Å²) in [5.41, 5.74) is 2.07. The Bertz CT molecular complexity index is 851. The number of hydrogen-bond donors (Lipinski definition) is 3. The van der Waals surface area contributed by atoms with Gasteiger partial charge in [-0.25, -0.2) is 14.0 Å². The van der Waals surface area contributed by atoms with Crippen LogP contribution in [-0.2, 0) is 0 Å². The first-order valence-electron chi connectivity index (χ1n) is 10.3. The number of amides is 4. The third kappa shape index (κ3) is 6.10. The van der Waals surface area contributed by atoms with E-state index in [-0.39, 0.29) is 6.03 Å². The summed E-state index contributed by atoms with van der Waals surface area (Å²) < 4.78 is 13.2. The van der Waals surface area contributed by atoms with Gasteiger partial charge in [-0.05, 0) is 48.9 Å². The van der Waals surface area contributed by atoms with E-state index in [0.29, 0.717) is 24.5 Å². The van der Waals surface area contributed by atoms with Gasteiger partial charge in [0.25, 0.3) is 0 Å². The van der Waals surface area contributed by atoms with Gasteiger partial charge in [-0.2, -0.15) is 0 Å². The Labute approximate surface area is 176 Å². The minimum Gasteiger partial charge on any atom is -0.368 e. The number of benzene rings is 2. The van der Waals surface area contributed by atoms with Gasteiger partial charge in [0.05, 0.1) is 0 Å². The van der Waals surface area contributed by atoms with Crippen LogP contribution in [0.4, 0.5) is 31.0 Å². The summed E-state index contributed by atoms with van der Waals surface area (Å²) in [5, 5.41) is 8.29. The van der Waals surface area contributed by atoms with Crippen molar-refractivity contribution in [1.82, 2.24) is 10.2 Å². The number of carbonyl (C=O) groups excluding carboxylic acids is 2. The molecule has 0 radical (unpaired) electrons. The third-order valence-electron chi connectivity index (χ3n) is 4.95. The minimum absolute atomic E-state index is 0.00644. The smallest absolute Gasteiger partial charge is 0.323 e. The third-order valence-corrected chi connectivity index (χ3v) is 4.95. The minimum atomic E-state index is -0.434. The van der Waals surface area contributed by atoms with Crippen LogP contribution in [-0.4, -0.2) is 49.7 Å². The van der Waals surface area contributed by atoms with Crippen LogP contribution in [0.3, 0.4) is 0 Å². The number of unbranched alkanes of at least 4 members (excludes halogenated alkanes) is 1. The number of nitrogens with zero attached hydrogens (tertiary/aromatic N) is 2. The zero-order valence-electron chi connectivity index (χ0n) is 17.2. The summed E-state index contributed by atoms with van der Waals surface area (Å²) in [6, 6.07) is 12.8. The van der Waals surface area contributed by atoms with Crippen molar-refractivity contribution in [2.75, 3.05) is 48.3 Å². The van der Waals surface area contributed by atoms with E-state index < -0.39 is 11.8 Å². The molecule has 1 heterocycles. The Morgan fingerprint density at radius 2 is 1.67 bits per heavy atom. The molecule has 30 heavy (non-hydrogen) atoms. The normalized spacial score (nSPS) is 13.7. The molecular formula is C22H28FN5O2. The van der Waals surface area contributed by atoms with Gasteiger partial charge in [-0.1, -0.05) is 19.4 Å². The number of anilines is 3. The Morgan fingerprint density at radius 1 is 0.967 bits per heavy atom. The molecule has 160 valence electrons. The monoisotopic (exact) mass is 413 g/mol. The second-order valence-electron chi connectivity index (χ2n) is 7.20. The van der Waals surface area contributed by atoms with Gasteiger partial charge >= 0.3 is 12.1 Å². The highest BCUT2D eigenvalue weighted by Crippen LogP contribution is 2.20. The molecule has 0 aromatic heterocycles. The standard InChI is InChI=1S/C22H28FN5O2/c1-2-3-11-24-22(30)28-14-12-27(13-15-28)20-9-7-18(8-10-20)25-21(29)26-19-6-4-5-17(23)16-19/h4-10,16H,2-3,11-15H2,1H3,(H,24,30)(H2,25,26,29). The van der Waals surface area contributed by atoms with E-state index in [1.54, 1.807) is 6.07 Å². The highest BCUT2D eigenvalue weighted by atomic mass is 19.1. The molecule has 0 saturated carbocycles. The summed E-state index contributed by atoms with van der Waals surface area (Å²) in [7, 11) is 0. The summed E-state index contributed by atoms with van der Waals surface area (Å²) in [5.74, 6) is -0.407. The summed E-state index contributed by atoms with van der Waals surface area (Å²) in [6.07, 6.45) is 2.05. The van der Waals surface area contributed by atoms with E-state index in [1.807, 2.05) is 29.2 Å². The number of hydrogen-bond acceptors (Lipinski definition) is 3. The van der Waals surface area contributed by atoms with Crippen molar-refractivity contribution in [1.29, 1.82) is 0 Å². The molecule has 2 aromatic rings. The molecule has 8 heteroatoms. The lowest BCUT2D eigenvalue weighted by atomic mass is 10.2. The van der Waals surface area contributed by atoms with Crippen LogP contribution in [0.1, 0.15) is 19.8 Å². The fraction of sp³-hybridized carbons (Fsp3) is 0.364. The molecule has 0 unspecified atom stereocenters. The second kappa shape index (κ2) is 10.5. The number of rotatable bonds is 6. The van der Waals surface area contributed by atoms with E-state index in [9.17, 15) is 14.0 Å². The van der Waals surface area contributed by atoms with Gasteiger partial charge in [-0.15, -0.1) is 0 Å². The van der Waals surface area contributed by atoms with Crippen molar-refractivity contribution >= 4 is 29.1 Å². The van der Waals surface area contributed by atoms with Crippen molar-refractivity contribution in [2.45, 2.75) is 19.8 Å². The number of halogens is 1. The molecule has 1 saturated heterocycles. The van der Waals surface area contributed by atoms with Crippen LogP contribution >= 0.6 is 0 Å². The Morgan fingerprint density at radius 3 is 2.33 bits per heavy atom. The molecule has 2 aromatic carbocycles. The average molecular weight is 413 g/mol. The number of piperazine rings is 1. The molecule has 0 aliphatic carbocycles. The summed E-state index contributed by atoms with van der Waals surface area (Å²) in [4.78, 5) is 28.3. The fourth-order valence-corrected chi connectivity index (χ4v) is 3.27.